The highest BCUT2D eigenvalue weighted by Gasteiger charge is 2.20. The molecular formula is C13H16F2N4. The summed E-state index contributed by atoms with van der Waals surface area (Å²) in [5.74, 6) is -0.504. The molecule has 0 fully saturated rings. The van der Waals surface area contributed by atoms with E-state index in [0.29, 0.717) is 24.6 Å². The van der Waals surface area contributed by atoms with Crippen LogP contribution in [-0.2, 0) is 6.54 Å². The molecule has 1 heterocycles. The van der Waals surface area contributed by atoms with Crippen molar-refractivity contribution in [2.45, 2.75) is 27.3 Å². The second kappa shape index (κ2) is 5.34. The van der Waals surface area contributed by atoms with Gasteiger partial charge in [-0.05, 0) is 32.4 Å². The monoisotopic (exact) mass is 266 g/mol. The number of rotatable bonds is 4. The summed E-state index contributed by atoms with van der Waals surface area (Å²) in [5.41, 5.74) is 0.255. The highest BCUT2D eigenvalue weighted by Crippen LogP contribution is 2.28. The number of hydrogen-bond acceptors (Lipinski definition) is 3. The molecule has 0 bridgehead atoms. The molecule has 0 aliphatic heterocycles. The third-order valence-electron chi connectivity index (χ3n) is 2.91. The normalized spacial score (nSPS) is 10.8. The summed E-state index contributed by atoms with van der Waals surface area (Å²) in [6.45, 7) is 6.58. The number of anilines is 1. The number of aryl methyl sites for hydroxylation is 1. The molecule has 0 amide bonds. The zero-order chi connectivity index (χ0) is 14.0. The first-order valence-electron chi connectivity index (χ1n) is 6.22. The number of aromatic nitrogens is 3. The summed E-state index contributed by atoms with van der Waals surface area (Å²) in [6, 6.07) is 2.65. The lowest BCUT2D eigenvalue weighted by atomic mass is 10.1. The minimum atomic E-state index is -0.631. The zero-order valence-corrected chi connectivity index (χ0v) is 11.2. The molecule has 2 aromatic rings. The van der Waals surface area contributed by atoms with E-state index in [9.17, 15) is 8.78 Å². The van der Waals surface area contributed by atoms with Crippen molar-refractivity contribution in [2.24, 2.45) is 0 Å². The molecule has 4 nitrogen and oxygen atoms in total. The van der Waals surface area contributed by atoms with Crippen molar-refractivity contribution < 1.29 is 8.78 Å². The summed E-state index contributed by atoms with van der Waals surface area (Å²) in [4.78, 5) is 0. The van der Waals surface area contributed by atoms with E-state index in [1.165, 1.54) is 12.1 Å². The molecule has 0 aliphatic rings. The Morgan fingerprint density at radius 3 is 2.58 bits per heavy atom. The molecule has 2 rings (SSSR count). The maximum atomic E-state index is 14.1. The lowest BCUT2D eigenvalue weighted by Crippen LogP contribution is -2.08. The minimum Gasteiger partial charge on any atom is -0.355 e. The topological polar surface area (TPSA) is 42.7 Å². The molecule has 0 unspecified atom stereocenters. The average Bonchev–Trinajstić information content (AvgIpc) is 2.78. The maximum absolute atomic E-state index is 14.1. The quantitative estimate of drug-likeness (QED) is 0.925. The Balaban J connectivity index is 2.62. The largest absolute Gasteiger partial charge is 0.355 e. The van der Waals surface area contributed by atoms with E-state index in [4.69, 9.17) is 0 Å². The molecule has 102 valence electrons. The molecule has 0 spiro atoms. The fourth-order valence-corrected chi connectivity index (χ4v) is 1.94. The first-order chi connectivity index (χ1) is 9.10. The lowest BCUT2D eigenvalue weighted by molar-refractivity contribution is 0.578. The van der Waals surface area contributed by atoms with E-state index in [0.717, 1.165) is 0 Å². The van der Waals surface area contributed by atoms with Crippen molar-refractivity contribution in [3.63, 3.8) is 0 Å². The highest BCUT2D eigenvalue weighted by molar-refractivity contribution is 5.60. The highest BCUT2D eigenvalue weighted by atomic mass is 19.1. The molecule has 1 N–H and O–H groups in total. The van der Waals surface area contributed by atoms with Crippen LogP contribution >= 0.6 is 0 Å². The van der Waals surface area contributed by atoms with Crippen LogP contribution in [0, 0.1) is 18.6 Å². The fourth-order valence-electron chi connectivity index (χ4n) is 1.94. The first kappa shape index (κ1) is 13.5. The zero-order valence-electron chi connectivity index (χ0n) is 11.2. The molecule has 6 heteroatoms. The first-order valence-corrected chi connectivity index (χ1v) is 6.22. The van der Waals surface area contributed by atoms with Crippen LogP contribution in [0.1, 0.15) is 19.4 Å². The average molecular weight is 266 g/mol. The Bertz CT molecular complexity index is 593. The van der Waals surface area contributed by atoms with Gasteiger partial charge in [0.2, 0.25) is 5.95 Å². The van der Waals surface area contributed by atoms with E-state index in [-0.39, 0.29) is 11.4 Å². The van der Waals surface area contributed by atoms with E-state index in [1.54, 1.807) is 11.5 Å². The van der Waals surface area contributed by atoms with Gasteiger partial charge < -0.3 is 5.32 Å². The maximum Gasteiger partial charge on any atom is 0.224 e. The van der Waals surface area contributed by atoms with Crippen LogP contribution in [0.15, 0.2) is 12.1 Å². The van der Waals surface area contributed by atoms with Gasteiger partial charge in [-0.25, -0.2) is 8.78 Å². The second-order valence-electron chi connectivity index (χ2n) is 4.18. The van der Waals surface area contributed by atoms with Gasteiger partial charge >= 0.3 is 0 Å². The number of halogens is 2. The van der Waals surface area contributed by atoms with Gasteiger partial charge in [-0.1, -0.05) is 6.07 Å². The van der Waals surface area contributed by atoms with Crippen molar-refractivity contribution in [2.75, 3.05) is 11.9 Å². The van der Waals surface area contributed by atoms with Crippen LogP contribution in [0.25, 0.3) is 11.4 Å². The number of nitrogens with one attached hydrogen (secondary N) is 1. The summed E-state index contributed by atoms with van der Waals surface area (Å²) in [7, 11) is 0. The summed E-state index contributed by atoms with van der Waals surface area (Å²) in [6.07, 6.45) is 0. The Hall–Kier alpha value is -1.98. The third kappa shape index (κ3) is 2.30. The van der Waals surface area contributed by atoms with Gasteiger partial charge in [-0.15, -0.1) is 10.2 Å². The molecule has 19 heavy (non-hydrogen) atoms. The smallest absolute Gasteiger partial charge is 0.224 e. The van der Waals surface area contributed by atoms with Gasteiger partial charge in [0.1, 0.15) is 11.6 Å². The standard InChI is InChI=1S/C13H16F2N4/c1-4-16-13-18-17-12(19(13)5-2)10-9(14)7-6-8(3)11(10)15/h6-7H,4-5H2,1-3H3,(H,16,18). The SMILES string of the molecule is CCNc1nnc(-c2c(F)ccc(C)c2F)n1CC. The summed E-state index contributed by atoms with van der Waals surface area (Å²) < 4.78 is 29.7. The number of benzene rings is 1. The Labute approximate surface area is 110 Å². The number of nitrogens with zero attached hydrogens (tertiary/aromatic N) is 3. The van der Waals surface area contributed by atoms with Gasteiger partial charge in [-0.3, -0.25) is 4.57 Å². The van der Waals surface area contributed by atoms with Crippen LogP contribution in [0.2, 0.25) is 0 Å². The van der Waals surface area contributed by atoms with Gasteiger partial charge in [0, 0.05) is 13.1 Å². The molecule has 0 saturated carbocycles. The van der Waals surface area contributed by atoms with E-state index in [1.807, 2.05) is 13.8 Å². The fraction of sp³-hybridized carbons (Fsp3) is 0.385. The van der Waals surface area contributed by atoms with Crippen LogP contribution < -0.4 is 5.32 Å². The second-order valence-corrected chi connectivity index (χ2v) is 4.18. The Morgan fingerprint density at radius 1 is 1.21 bits per heavy atom. The van der Waals surface area contributed by atoms with Crippen molar-refractivity contribution in [1.29, 1.82) is 0 Å². The van der Waals surface area contributed by atoms with Gasteiger partial charge in [0.15, 0.2) is 5.82 Å². The third-order valence-corrected chi connectivity index (χ3v) is 2.91. The van der Waals surface area contributed by atoms with E-state index in [2.05, 4.69) is 15.5 Å². The summed E-state index contributed by atoms with van der Waals surface area (Å²) >= 11 is 0. The van der Waals surface area contributed by atoms with Gasteiger partial charge in [-0.2, -0.15) is 0 Å². The molecule has 0 aliphatic carbocycles. The van der Waals surface area contributed by atoms with Gasteiger partial charge in [0.25, 0.3) is 0 Å². The van der Waals surface area contributed by atoms with E-state index < -0.39 is 11.6 Å². The van der Waals surface area contributed by atoms with E-state index >= 15 is 0 Å². The predicted molar refractivity (Wildman–Crippen MR) is 69.9 cm³/mol. The van der Waals surface area contributed by atoms with Crippen LogP contribution in [0.5, 0.6) is 0 Å². The van der Waals surface area contributed by atoms with Crippen LogP contribution in [0.4, 0.5) is 14.7 Å². The van der Waals surface area contributed by atoms with Crippen molar-refractivity contribution in [1.82, 2.24) is 14.8 Å². The molecule has 0 radical (unpaired) electrons. The van der Waals surface area contributed by atoms with Crippen LogP contribution in [-0.4, -0.2) is 21.3 Å². The number of hydrogen-bond donors (Lipinski definition) is 1. The molecule has 0 atom stereocenters. The Morgan fingerprint density at radius 2 is 1.95 bits per heavy atom. The van der Waals surface area contributed by atoms with Crippen LogP contribution in [0.3, 0.4) is 0 Å². The lowest BCUT2D eigenvalue weighted by Gasteiger charge is -2.10. The molecule has 0 saturated heterocycles. The molecule has 1 aromatic heterocycles. The Kier molecular flexibility index (Phi) is 3.78. The minimum absolute atomic E-state index is 0.126. The van der Waals surface area contributed by atoms with Gasteiger partial charge in [0.05, 0.1) is 5.56 Å². The van der Waals surface area contributed by atoms with Crippen molar-refractivity contribution >= 4 is 5.95 Å². The molecule has 1 aromatic carbocycles. The predicted octanol–water partition coefficient (Wildman–Crippen LogP) is 2.98. The molecular weight excluding hydrogens is 250 g/mol. The summed E-state index contributed by atoms with van der Waals surface area (Å²) in [5, 5.41) is 10.9. The van der Waals surface area contributed by atoms with Crippen molar-refractivity contribution in [3.8, 4) is 11.4 Å². The van der Waals surface area contributed by atoms with Crippen molar-refractivity contribution in [3.05, 3.63) is 29.3 Å².